The molecule has 0 aromatic heterocycles. The summed E-state index contributed by atoms with van der Waals surface area (Å²) in [6.07, 6.45) is 5.04. The molecule has 3 nitrogen and oxygen atoms in total. The van der Waals surface area contributed by atoms with Crippen LogP contribution in [0.25, 0.3) is 0 Å². The van der Waals surface area contributed by atoms with Crippen LogP contribution in [0.15, 0.2) is 0 Å². The Labute approximate surface area is 114 Å². The maximum absolute atomic E-state index is 11.5. The van der Waals surface area contributed by atoms with Crippen LogP contribution in [0.4, 0.5) is 0 Å². The molecule has 0 aromatic carbocycles. The van der Waals surface area contributed by atoms with Crippen molar-refractivity contribution >= 4 is 9.84 Å². The third-order valence-electron chi connectivity index (χ3n) is 3.22. The predicted molar refractivity (Wildman–Crippen MR) is 79.7 cm³/mol. The summed E-state index contributed by atoms with van der Waals surface area (Å²) in [6, 6.07) is 0. The summed E-state index contributed by atoms with van der Waals surface area (Å²) in [6.45, 7) is 11.9. The van der Waals surface area contributed by atoms with Gasteiger partial charge in [-0.25, -0.2) is 8.42 Å². The van der Waals surface area contributed by atoms with Gasteiger partial charge in [0.15, 0.2) is 0 Å². The highest BCUT2D eigenvalue weighted by Gasteiger charge is 2.18. The summed E-state index contributed by atoms with van der Waals surface area (Å²) in [7, 11) is -2.87. The highest BCUT2D eigenvalue weighted by atomic mass is 32.2. The van der Waals surface area contributed by atoms with Gasteiger partial charge in [0.2, 0.25) is 0 Å². The van der Waals surface area contributed by atoms with Crippen molar-refractivity contribution in [2.75, 3.05) is 25.9 Å². The Morgan fingerprint density at radius 2 is 1.72 bits per heavy atom. The van der Waals surface area contributed by atoms with Crippen molar-refractivity contribution in [2.45, 2.75) is 58.6 Å². The molecule has 0 radical (unpaired) electrons. The number of sulfone groups is 1. The number of rotatable bonds is 10. The lowest BCUT2D eigenvalue weighted by atomic mass is 10.1. The summed E-state index contributed by atoms with van der Waals surface area (Å²) in [5.41, 5.74) is 0. The van der Waals surface area contributed by atoms with Crippen molar-refractivity contribution < 1.29 is 8.42 Å². The molecule has 110 valence electrons. The molecule has 0 aromatic rings. The molecule has 0 amide bonds. The van der Waals surface area contributed by atoms with Crippen LogP contribution < -0.4 is 0 Å². The number of nitrogens with zero attached hydrogens (tertiary/aromatic N) is 1. The summed E-state index contributed by atoms with van der Waals surface area (Å²) in [5.74, 6) is 0.674. The van der Waals surface area contributed by atoms with Gasteiger partial charge in [-0.1, -0.05) is 27.7 Å². The normalized spacial score (nSPS) is 14.4. The van der Waals surface area contributed by atoms with Crippen LogP contribution in [0.3, 0.4) is 0 Å². The van der Waals surface area contributed by atoms with E-state index in [1.165, 1.54) is 6.26 Å². The summed E-state index contributed by atoms with van der Waals surface area (Å²) in [4.78, 5) is 2.46. The van der Waals surface area contributed by atoms with Gasteiger partial charge in [0, 0.05) is 12.8 Å². The average Bonchev–Trinajstić information content (AvgIpc) is 2.21. The molecule has 18 heavy (non-hydrogen) atoms. The Morgan fingerprint density at radius 3 is 2.11 bits per heavy atom. The van der Waals surface area contributed by atoms with E-state index in [-0.39, 0.29) is 5.25 Å². The Balaban J connectivity index is 4.11. The highest BCUT2D eigenvalue weighted by Crippen LogP contribution is 2.12. The molecule has 0 saturated heterocycles. The van der Waals surface area contributed by atoms with Crippen molar-refractivity contribution in [1.29, 1.82) is 0 Å². The SMILES string of the molecule is CCCN(CCCC(CC)S(C)(=O)=O)CC(C)C. The molecular formula is C14H31NO2S. The van der Waals surface area contributed by atoms with E-state index in [9.17, 15) is 8.42 Å². The van der Waals surface area contributed by atoms with Crippen molar-refractivity contribution in [3.05, 3.63) is 0 Å². The van der Waals surface area contributed by atoms with Gasteiger partial charge in [-0.3, -0.25) is 0 Å². The fourth-order valence-corrected chi connectivity index (χ4v) is 3.59. The van der Waals surface area contributed by atoms with Gasteiger partial charge in [0.05, 0.1) is 5.25 Å². The third-order valence-corrected chi connectivity index (χ3v) is 5.00. The Bertz CT molecular complexity index is 299. The molecule has 0 rings (SSSR count). The molecular weight excluding hydrogens is 246 g/mol. The topological polar surface area (TPSA) is 37.4 Å². The second kappa shape index (κ2) is 8.92. The zero-order valence-electron chi connectivity index (χ0n) is 12.8. The molecule has 1 unspecified atom stereocenters. The van der Waals surface area contributed by atoms with Gasteiger partial charge >= 0.3 is 0 Å². The van der Waals surface area contributed by atoms with Gasteiger partial charge < -0.3 is 4.90 Å². The van der Waals surface area contributed by atoms with Gasteiger partial charge in [0.25, 0.3) is 0 Å². The van der Waals surface area contributed by atoms with E-state index in [4.69, 9.17) is 0 Å². The molecule has 1 atom stereocenters. The van der Waals surface area contributed by atoms with Crippen molar-refractivity contribution in [3.63, 3.8) is 0 Å². The lowest BCUT2D eigenvalue weighted by molar-refractivity contribution is 0.239. The van der Waals surface area contributed by atoms with Crippen LogP contribution in [-0.2, 0) is 9.84 Å². The second-order valence-electron chi connectivity index (χ2n) is 5.70. The van der Waals surface area contributed by atoms with E-state index < -0.39 is 9.84 Å². The first-order valence-corrected chi connectivity index (χ1v) is 9.17. The maximum Gasteiger partial charge on any atom is 0.150 e. The van der Waals surface area contributed by atoms with Crippen LogP contribution in [0.1, 0.15) is 53.4 Å². The molecule has 0 heterocycles. The van der Waals surface area contributed by atoms with Crippen molar-refractivity contribution in [3.8, 4) is 0 Å². The minimum absolute atomic E-state index is 0.153. The maximum atomic E-state index is 11.5. The van der Waals surface area contributed by atoms with Crippen LogP contribution >= 0.6 is 0 Å². The quantitative estimate of drug-likeness (QED) is 0.616. The molecule has 0 aliphatic heterocycles. The smallest absolute Gasteiger partial charge is 0.150 e. The van der Waals surface area contributed by atoms with E-state index in [2.05, 4.69) is 25.7 Å². The lowest BCUT2D eigenvalue weighted by Crippen LogP contribution is -2.30. The van der Waals surface area contributed by atoms with E-state index >= 15 is 0 Å². The van der Waals surface area contributed by atoms with Gasteiger partial charge in [-0.15, -0.1) is 0 Å². The molecule has 4 heteroatoms. The van der Waals surface area contributed by atoms with Gasteiger partial charge in [0.1, 0.15) is 9.84 Å². The molecule has 0 bridgehead atoms. The lowest BCUT2D eigenvalue weighted by Gasteiger charge is -2.24. The third kappa shape index (κ3) is 8.09. The van der Waals surface area contributed by atoms with E-state index in [1.807, 2.05) is 6.92 Å². The van der Waals surface area contributed by atoms with Gasteiger partial charge in [-0.05, 0) is 44.7 Å². The largest absolute Gasteiger partial charge is 0.303 e. The molecule has 0 saturated carbocycles. The standard InChI is InChI=1S/C14H31NO2S/c1-6-10-15(12-13(3)4)11-8-9-14(7-2)18(5,16)17/h13-14H,6-12H2,1-5H3. The van der Waals surface area contributed by atoms with Crippen molar-refractivity contribution in [1.82, 2.24) is 4.90 Å². The Hall–Kier alpha value is -0.0900. The zero-order chi connectivity index (χ0) is 14.2. The molecule has 0 aliphatic rings. The number of hydrogen-bond donors (Lipinski definition) is 0. The average molecular weight is 277 g/mol. The summed E-state index contributed by atoms with van der Waals surface area (Å²) < 4.78 is 23.1. The predicted octanol–water partition coefficient (Wildman–Crippen LogP) is 2.96. The highest BCUT2D eigenvalue weighted by molar-refractivity contribution is 7.91. The molecule has 0 fully saturated rings. The van der Waals surface area contributed by atoms with E-state index in [0.717, 1.165) is 45.3 Å². The van der Waals surface area contributed by atoms with E-state index in [0.29, 0.717) is 5.92 Å². The van der Waals surface area contributed by atoms with Crippen LogP contribution in [0.2, 0.25) is 0 Å². The molecule has 0 aliphatic carbocycles. The Kier molecular flexibility index (Phi) is 8.87. The first-order valence-electron chi connectivity index (χ1n) is 7.22. The van der Waals surface area contributed by atoms with Crippen LogP contribution in [0.5, 0.6) is 0 Å². The molecule has 0 spiro atoms. The van der Waals surface area contributed by atoms with E-state index in [1.54, 1.807) is 0 Å². The summed E-state index contributed by atoms with van der Waals surface area (Å²) >= 11 is 0. The minimum Gasteiger partial charge on any atom is -0.303 e. The number of hydrogen-bond acceptors (Lipinski definition) is 3. The van der Waals surface area contributed by atoms with Gasteiger partial charge in [-0.2, -0.15) is 0 Å². The zero-order valence-corrected chi connectivity index (χ0v) is 13.6. The first-order chi connectivity index (χ1) is 8.31. The van der Waals surface area contributed by atoms with Crippen LogP contribution in [-0.4, -0.2) is 44.5 Å². The Morgan fingerprint density at radius 1 is 1.11 bits per heavy atom. The fourth-order valence-electron chi connectivity index (χ4n) is 2.39. The second-order valence-corrected chi connectivity index (χ2v) is 8.02. The van der Waals surface area contributed by atoms with Crippen molar-refractivity contribution in [2.24, 2.45) is 5.92 Å². The fraction of sp³-hybridized carbons (Fsp3) is 1.00. The molecule has 0 N–H and O–H groups in total. The van der Waals surface area contributed by atoms with Crippen LogP contribution in [0, 0.1) is 5.92 Å². The monoisotopic (exact) mass is 277 g/mol. The summed E-state index contributed by atoms with van der Waals surface area (Å²) in [5, 5.41) is -0.153. The minimum atomic E-state index is -2.87. The first kappa shape index (κ1) is 17.9.